The monoisotopic (exact) mass is 312 g/mol. The fourth-order valence-electron chi connectivity index (χ4n) is 1.90. The van der Waals surface area contributed by atoms with Gasteiger partial charge in [-0.2, -0.15) is 0 Å². The lowest BCUT2D eigenvalue weighted by atomic mass is 10.1. The molecule has 0 bridgehead atoms. The molecule has 4 heteroatoms. The van der Waals surface area contributed by atoms with Gasteiger partial charge in [-0.1, -0.05) is 30.3 Å². The van der Waals surface area contributed by atoms with Crippen LogP contribution >= 0.6 is 15.9 Å². The van der Waals surface area contributed by atoms with E-state index in [1.165, 1.54) is 0 Å². The highest BCUT2D eigenvalue weighted by atomic mass is 79.9. The second-order valence-electron chi connectivity index (χ2n) is 4.10. The number of halogens is 1. The number of hydrogen-bond acceptors (Lipinski definition) is 3. The Hall–Kier alpha value is -2.07. The Labute approximate surface area is 118 Å². The minimum absolute atomic E-state index is 0.598. The number of benzene rings is 2. The van der Waals surface area contributed by atoms with Crippen molar-refractivity contribution < 1.29 is 4.79 Å². The first-order valence-corrected chi connectivity index (χ1v) is 6.55. The molecule has 0 saturated heterocycles. The average molecular weight is 313 g/mol. The van der Waals surface area contributed by atoms with Crippen LogP contribution in [0.3, 0.4) is 0 Å². The van der Waals surface area contributed by atoms with Crippen LogP contribution in [-0.2, 0) is 0 Å². The van der Waals surface area contributed by atoms with Gasteiger partial charge in [0, 0.05) is 11.1 Å². The Balaban J connectivity index is 2.23. The Morgan fingerprint density at radius 2 is 1.74 bits per heavy atom. The van der Waals surface area contributed by atoms with Crippen molar-refractivity contribution in [1.82, 2.24) is 9.97 Å². The first kappa shape index (κ1) is 12.0. The molecule has 0 unspecified atom stereocenters. The molecular weight excluding hydrogens is 304 g/mol. The lowest BCUT2D eigenvalue weighted by molar-refractivity contribution is 0.112. The van der Waals surface area contributed by atoms with Crippen molar-refractivity contribution in [2.24, 2.45) is 0 Å². The molecule has 0 spiro atoms. The van der Waals surface area contributed by atoms with Crippen LogP contribution in [0.1, 0.15) is 10.4 Å². The van der Waals surface area contributed by atoms with Crippen LogP contribution in [0.5, 0.6) is 0 Å². The quantitative estimate of drug-likeness (QED) is 0.675. The standard InChI is InChI=1S/C15H9BrN2O/c16-15-14(11-4-2-1-3-5-11)17-12-7-6-10(9-19)8-13(12)18-15/h1-9H. The molecule has 3 aromatic rings. The van der Waals surface area contributed by atoms with Crippen molar-refractivity contribution in [3.63, 3.8) is 0 Å². The largest absolute Gasteiger partial charge is 0.298 e. The van der Waals surface area contributed by atoms with Crippen molar-refractivity contribution in [2.45, 2.75) is 0 Å². The molecule has 19 heavy (non-hydrogen) atoms. The van der Waals surface area contributed by atoms with Crippen molar-refractivity contribution >= 4 is 33.2 Å². The van der Waals surface area contributed by atoms with E-state index in [4.69, 9.17) is 0 Å². The van der Waals surface area contributed by atoms with Crippen molar-refractivity contribution in [3.8, 4) is 11.3 Å². The third kappa shape index (κ3) is 2.27. The summed E-state index contributed by atoms with van der Waals surface area (Å²) in [6.45, 7) is 0. The second kappa shape index (κ2) is 4.90. The van der Waals surface area contributed by atoms with Gasteiger partial charge >= 0.3 is 0 Å². The van der Waals surface area contributed by atoms with Crippen LogP contribution in [0.4, 0.5) is 0 Å². The minimum Gasteiger partial charge on any atom is -0.298 e. The van der Waals surface area contributed by atoms with Crippen molar-refractivity contribution in [1.29, 1.82) is 0 Å². The van der Waals surface area contributed by atoms with Gasteiger partial charge < -0.3 is 0 Å². The summed E-state index contributed by atoms with van der Waals surface area (Å²) in [6, 6.07) is 15.1. The molecule has 0 atom stereocenters. The zero-order chi connectivity index (χ0) is 13.2. The fourth-order valence-corrected chi connectivity index (χ4v) is 2.41. The fraction of sp³-hybridized carbons (Fsp3) is 0. The highest BCUT2D eigenvalue weighted by Gasteiger charge is 2.08. The van der Waals surface area contributed by atoms with Gasteiger partial charge in [0.05, 0.1) is 11.0 Å². The molecule has 92 valence electrons. The smallest absolute Gasteiger partial charge is 0.150 e. The summed E-state index contributed by atoms with van der Waals surface area (Å²) in [5.41, 5.74) is 3.88. The number of hydrogen-bond donors (Lipinski definition) is 0. The van der Waals surface area contributed by atoms with Gasteiger partial charge in [-0.3, -0.25) is 4.79 Å². The topological polar surface area (TPSA) is 42.9 Å². The second-order valence-corrected chi connectivity index (χ2v) is 4.85. The molecule has 0 radical (unpaired) electrons. The molecule has 0 aliphatic heterocycles. The molecule has 0 N–H and O–H groups in total. The molecule has 1 heterocycles. The van der Waals surface area contributed by atoms with Gasteiger partial charge in [-0.05, 0) is 34.1 Å². The molecule has 1 aromatic heterocycles. The molecule has 0 fully saturated rings. The highest BCUT2D eigenvalue weighted by molar-refractivity contribution is 9.10. The van der Waals surface area contributed by atoms with Gasteiger partial charge in [-0.15, -0.1) is 0 Å². The van der Waals surface area contributed by atoms with Gasteiger partial charge in [0.15, 0.2) is 0 Å². The lowest BCUT2D eigenvalue weighted by Crippen LogP contribution is -1.92. The Morgan fingerprint density at radius 1 is 0.947 bits per heavy atom. The Morgan fingerprint density at radius 3 is 2.47 bits per heavy atom. The molecule has 0 saturated carbocycles. The number of carbonyl (C=O) groups excluding carboxylic acids is 1. The summed E-state index contributed by atoms with van der Waals surface area (Å²) in [5.74, 6) is 0. The van der Waals surface area contributed by atoms with E-state index in [9.17, 15) is 4.79 Å². The van der Waals surface area contributed by atoms with Gasteiger partial charge in [0.25, 0.3) is 0 Å². The number of rotatable bonds is 2. The average Bonchev–Trinajstić information content (AvgIpc) is 2.47. The van der Waals surface area contributed by atoms with E-state index in [0.29, 0.717) is 15.7 Å². The van der Waals surface area contributed by atoms with Gasteiger partial charge in [0.1, 0.15) is 16.6 Å². The van der Waals surface area contributed by atoms with Gasteiger partial charge in [-0.25, -0.2) is 9.97 Å². The molecule has 0 aliphatic rings. The van der Waals surface area contributed by atoms with Crippen LogP contribution < -0.4 is 0 Å². The van der Waals surface area contributed by atoms with E-state index >= 15 is 0 Å². The SMILES string of the molecule is O=Cc1ccc2nc(-c3ccccc3)c(Br)nc2c1. The van der Waals surface area contributed by atoms with Crippen molar-refractivity contribution in [3.05, 3.63) is 58.7 Å². The van der Waals surface area contributed by atoms with Crippen LogP contribution in [-0.4, -0.2) is 16.3 Å². The van der Waals surface area contributed by atoms with Gasteiger partial charge in [0.2, 0.25) is 0 Å². The summed E-state index contributed by atoms with van der Waals surface area (Å²) >= 11 is 3.44. The maximum absolute atomic E-state index is 10.8. The maximum Gasteiger partial charge on any atom is 0.150 e. The Bertz CT molecular complexity index is 757. The summed E-state index contributed by atoms with van der Waals surface area (Å²) in [6.07, 6.45) is 0.806. The number of aldehydes is 1. The molecule has 3 rings (SSSR count). The summed E-state index contributed by atoms with van der Waals surface area (Å²) in [4.78, 5) is 19.8. The molecule has 0 aliphatic carbocycles. The van der Waals surface area contributed by atoms with Crippen molar-refractivity contribution in [2.75, 3.05) is 0 Å². The van der Waals surface area contributed by atoms with Crippen LogP contribution in [0, 0.1) is 0 Å². The molecular formula is C15H9BrN2O. The lowest BCUT2D eigenvalue weighted by Gasteiger charge is -2.05. The maximum atomic E-state index is 10.8. The van der Waals surface area contributed by atoms with Crippen LogP contribution in [0.2, 0.25) is 0 Å². The first-order valence-electron chi connectivity index (χ1n) is 5.76. The first-order chi connectivity index (χ1) is 9.28. The zero-order valence-electron chi connectivity index (χ0n) is 9.88. The normalized spacial score (nSPS) is 10.6. The minimum atomic E-state index is 0.598. The predicted octanol–water partition coefficient (Wildman–Crippen LogP) is 3.87. The summed E-state index contributed by atoms with van der Waals surface area (Å²) in [7, 11) is 0. The third-order valence-corrected chi connectivity index (χ3v) is 3.38. The highest BCUT2D eigenvalue weighted by Crippen LogP contribution is 2.27. The van der Waals surface area contributed by atoms with Crippen LogP contribution in [0.25, 0.3) is 22.3 Å². The number of aromatic nitrogens is 2. The van der Waals surface area contributed by atoms with E-state index in [1.54, 1.807) is 12.1 Å². The molecule has 0 amide bonds. The van der Waals surface area contributed by atoms with E-state index in [0.717, 1.165) is 23.1 Å². The van der Waals surface area contributed by atoms with E-state index in [2.05, 4.69) is 25.9 Å². The molecule has 3 nitrogen and oxygen atoms in total. The Kier molecular flexibility index (Phi) is 3.09. The molecule has 2 aromatic carbocycles. The number of nitrogens with zero attached hydrogens (tertiary/aromatic N) is 2. The van der Waals surface area contributed by atoms with E-state index < -0.39 is 0 Å². The van der Waals surface area contributed by atoms with E-state index in [1.807, 2.05) is 36.4 Å². The summed E-state index contributed by atoms with van der Waals surface area (Å²) in [5, 5.41) is 0. The van der Waals surface area contributed by atoms with Crippen LogP contribution in [0.15, 0.2) is 53.1 Å². The van der Waals surface area contributed by atoms with E-state index in [-0.39, 0.29) is 0 Å². The number of fused-ring (bicyclic) bond motifs is 1. The zero-order valence-corrected chi connectivity index (χ0v) is 11.5. The summed E-state index contributed by atoms with van der Waals surface area (Å²) < 4.78 is 0.675. The third-order valence-electron chi connectivity index (χ3n) is 2.83. The number of carbonyl (C=O) groups is 1. The predicted molar refractivity (Wildman–Crippen MR) is 78.1 cm³/mol.